The monoisotopic (exact) mass is 390 g/mol. The summed E-state index contributed by atoms with van der Waals surface area (Å²) >= 11 is 8.66. The third kappa shape index (κ3) is 3.20. The van der Waals surface area contributed by atoms with Crippen LogP contribution in [0, 0.1) is 0 Å². The molecule has 0 saturated carbocycles. The van der Waals surface area contributed by atoms with Gasteiger partial charge in [-0.1, -0.05) is 28.5 Å². The molecule has 0 unspecified atom stereocenters. The van der Waals surface area contributed by atoms with Crippen molar-refractivity contribution in [2.45, 2.75) is 10.9 Å². The largest absolute Gasteiger partial charge is 0.338 e. The number of hydrogen-bond acceptors (Lipinski definition) is 7. The molecule has 0 atom stereocenters. The number of hydrogen-bond donors (Lipinski definition) is 0. The topological polar surface area (TPSA) is 73.8 Å². The number of rotatable bonds is 4. The summed E-state index contributed by atoms with van der Waals surface area (Å²) in [7, 11) is 1.71. The highest BCUT2D eigenvalue weighted by atomic mass is 35.5. The summed E-state index contributed by atoms with van der Waals surface area (Å²) in [5, 5.41) is 7.11. The maximum absolute atomic E-state index is 12.3. The van der Waals surface area contributed by atoms with E-state index in [4.69, 9.17) is 16.1 Å². The molecule has 0 aliphatic carbocycles. The molecule has 3 aromatic heterocycles. The fourth-order valence-corrected chi connectivity index (χ4v) is 3.99. The number of halogens is 1. The Balaban J connectivity index is 1.55. The molecule has 9 heteroatoms. The van der Waals surface area contributed by atoms with Crippen LogP contribution in [0.5, 0.6) is 0 Å². The molecule has 0 saturated heterocycles. The van der Waals surface area contributed by atoms with Crippen molar-refractivity contribution >= 4 is 44.9 Å². The van der Waals surface area contributed by atoms with Gasteiger partial charge in [0.15, 0.2) is 5.16 Å². The third-order valence-electron chi connectivity index (χ3n) is 3.54. The molecule has 0 bridgehead atoms. The van der Waals surface area contributed by atoms with Crippen molar-refractivity contribution in [2.75, 3.05) is 0 Å². The van der Waals surface area contributed by atoms with Crippen molar-refractivity contribution in [1.29, 1.82) is 0 Å². The molecular formula is C16H11ClN4O2S2. The fourth-order valence-electron chi connectivity index (χ4n) is 2.25. The van der Waals surface area contributed by atoms with Crippen LogP contribution in [0.15, 0.2) is 50.2 Å². The lowest BCUT2D eigenvalue weighted by Gasteiger charge is -2.05. The lowest BCUT2D eigenvalue weighted by molar-refractivity contribution is 0.391. The molecule has 0 aliphatic rings. The molecule has 6 nitrogen and oxygen atoms in total. The summed E-state index contributed by atoms with van der Waals surface area (Å²) in [6, 6.07) is 9.06. The van der Waals surface area contributed by atoms with E-state index in [9.17, 15) is 4.79 Å². The average Bonchev–Trinajstić information content (AvgIpc) is 3.27. The zero-order valence-electron chi connectivity index (χ0n) is 13.0. The smallest absolute Gasteiger partial charge is 0.271 e. The number of thioether (sulfide) groups is 1. The summed E-state index contributed by atoms with van der Waals surface area (Å²) in [6.45, 7) is 0. The molecule has 0 radical (unpaired) electrons. The SMILES string of the molecule is Cn1c(SCc2nc(-c3ccc(Cl)cc3)no2)nc2ccsc2c1=O. The lowest BCUT2D eigenvalue weighted by atomic mass is 10.2. The Morgan fingerprint density at radius 2 is 2.04 bits per heavy atom. The van der Waals surface area contributed by atoms with Gasteiger partial charge >= 0.3 is 0 Å². The van der Waals surface area contributed by atoms with E-state index in [1.165, 1.54) is 23.1 Å². The molecule has 0 fully saturated rings. The minimum atomic E-state index is -0.0464. The molecule has 25 heavy (non-hydrogen) atoms. The first kappa shape index (κ1) is 16.3. The van der Waals surface area contributed by atoms with Gasteiger partial charge in [-0.25, -0.2) is 4.98 Å². The van der Waals surface area contributed by atoms with Crippen molar-refractivity contribution in [3.8, 4) is 11.4 Å². The number of fused-ring (bicyclic) bond motifs is 1. The Kier molecular flexibility index (Phi) is 4.32. The maximum atomic E-state index is 12.3. The molecule has 4 aromatic rings. The summed E-state index contributed by atoms with van der Waals surface area (Å²) < 4.78 is 7.49. The van der Waals surface area contributed by atoms with Gasteiger partial charge in [0.05, 0.1) is 11.3 Å². The van der Waals surface area contributed by atoms with Crippen LogP contribution in [0.3, 0.4) is 0 Å². The van der Waals surface area contributed by atoms with Crippen molar-refractivity contribution in [2.24, 2.45) is 7.05 Å². The number of thiophene rings is 1. The normalized spacial score (nSPS) is 11.3. The average molecular weight is 391 g/mol. The summed E-state index contributed by atoms with van der Waals surface area (Å²) in [6.07, 6.45) is 0. The Bertz CT molecular complexity index is 1100. The van der Waals surface area contributed by atoms with Gasteiger partial charge in [-0.05, 0) is 35.7 Å². The Labute approximate surface area is 155 Å². The van der Waals surface area contributed by atoms with Crippen LogP contribution in [0.4, 0.5) is 0 Å². The Hall–Kier alpha value is -2.16. The van der Waals surface area contributed by atoms with E-state index in [0.29, 0.717) is 37.9 Å². The van der Waals surface area contributed by atoms with Crippen molar-refractivity contribution < 1.29 is 4.52 Å². The second-order valence-corrected chi connectivity index (χ2v) is 7.50. The molecule has 0 spiro atoms. The van der Waals surface area contributed by atoms with Gasteiger partial charge in [-0.3, -0.25) is 9.36 Å². The zero-order chi connectivity index (χ0) is 17.4. The van der Waals surface area contributed by atoms with Gasteiger partial charge in [0, 0.05) is 17.6 Å². The first-order chi connectivity index (χ1) is 12.1. The highest BCUT2D eigenvalue weighted by Gasteiger charge is 2.13. The van der Waals surface area contributed by atoms with E-state index in [1.54, 1.807) is 23.7 Å². The van der Waals surface area contributed by atoms with Gasteiger partial charge in [0.25, 0.3) is 5.56 Å². The van der Waals surface area contributed by atoms with E-state index >= 15 is 0 Å². The third-order valence-corrected chi connectivity index (χ3v) is 5.70. The molecule has 3 heterocycles. The van der Waals surface area contributed by atoms with Gasteiger partial charge in [-0.15, -0.1) is 11.3 Å². The van der Waals surface area contributed by atoms with Crippen LogP contribution < -0.4 is 5.56 Å². The maximum Gasteiger partial charge on any atom is 0.271 e. The summed E-state index contributed by atoms with van der Waals surface area (Å²) in [4.78, 5) is 21.2. The van der Waals surface area contributed by atoms with Gasteiger partial charge in [0.2, 0.25) is 11.7 Å². The second kappa shape index (κ2) is 6.62. The van der Waals surface area contributed by atoms with Crippen LogP contribution in [0.25, 0.3) is 21.6 Å². The van der Waals surface area contributed by atoms with Crippen LogP contribution in [-0.2, 0) is 12.8 Å². The number of nitrogens with zero attached hydrogens (tertiary/aromatic N) is 4. The minimum Gasteiger partial charge on any atom is -0.338 e. The van der Waals surface area contributed by atoms with E-state index < -0.39 is 0 Å². The van der Waals surface area contributed by atoms with E-state index in [1.807, 2.05) is 23.6 Å². The first-order valence-corrected chi connectivity index (χ1v) is 9.52. The van der Waals surface area contributed by atoms with Crippen molar-refractivity contribution in [1.82, 2.24) is 19.7 Å². The summed E-state index contributed by atoms with van der Waals surface area (Å²) in [5.41, 5.74) is 1.49. The standard InChI is InChI=1S/C16H11ClN4O2S2/c1-21-15(22)13-11(6-7-24-13)18-16(21)25-8-12-19-14(20-23-12)9-2-4-10(17)5-3-9/h2-7H,8H2,1H3. The quantitative estimate of drug-likeness (QED) is 0.387. The van der Waals surface area contributed by atoms with E-state index in [0.717, 1.165) is 5.56 Å². The molecule has 0 aliphatic heterocycles. The fraction of sp³-hybridized carbons (Fsp3) is 0.125. The first-order valence-electron chi connectivity index (χ1n) is 7.27. The predicted octanol–water partition coefficient (Wildman–Crippen LogP) is 3.99. The van der Waals surface area contributed by atoms with Crippen LogP contribution in [0.1, 0.15) is 5.89 Å². The highest BCUT2D eigenvalue weighted by molar-refractivity contribution is 7.98. The van der Waals surface area contributed by atoms with Crippen LogP contribution in [-0.4, -0.2) is 19.7 Å². The summed E-state index contributed by atoms with van der Waals surface area (Å²) in [5.74, 6) is 1.40. The van der Waals surface area contributed by atoms with Crippen molar-refractivity contribution in [3.63, 3.8) is 0 Å². The van der Waals surface area contributed by atoms with Gasteiger partial charge < -0.3 is 4.52 Å². The Morgan fingerprint density at radius 1 is 1.24 bits per heavy atom. The predicted molar refractivity (Wildman–Crippen MR) is 99.2 cm³/mol. The molecule has 1 aromatic carbocycles. The van der Waals surface area contributed by atoms with Crippen LogP contribution in [0.2, 0.25) is 5.02 Å². The van der Waals surface area contributed by atoms with E-state index in [-0.39, 0.29) is 5.56 Å². The molecule has 0 amide bonds. The zero-order valence-corrected chi connectivity index (χ0v) is 15.4. The second-order valence-electron chi connectivity index (χ2n) is 5.20. The van der Waals surface area contributed by atoms with Crippen molar-refractivity contribution in [3.05, 3.63) is 57.0 Å². The number of benzene rings is 1. The molecule has 126 valence electrons. The Morgan fingerprint density at radius 3 is 2.84 bits per heavy atom. The minimum absolute atomic E-state index is 0.0464. The van der Waals surface area contributed by atoms with Crippen LogP contribution >= 0.6 is 34.7 Å². The lowest BCUT2D eigenvalue weighted by Crippen LogP contribution is -2.18. The highest BCUT2D eigenvalue weighted by Crippen LogP contribution is 2.24. The van der Waals surface area contributed by atoms with Gasteiger partial charge in [-0.2, -0.15) is 4.98 Å². The van der Waals surface area contributed by atoms with E-state index in [2.05, 4.69) is 15.1 Å². The molecule has 4 rings (SSSR count). The molecule has 0 N–H and O–H groups in total. The molecular weight excluding hydrogens is 380 g/mol. The number of aromatic nitrogens is 4. The van der Waals surface area contributed by atoms with Gasteiger partial charge in [0.1, 0.15) is 4.70 Å².